The Morgan fingerprint density at radius 1 is 1.00 bits per heavy atom. The van der Waals surface area contributed by atoms with E-state index in [0.29, 0.717) is 11.6 Å². The highest BCUT2D eigenvalue weighted by Gasteiger charge is 2.70. The number of para-hydroxylation sites is 1. The van der Waals surface area contributed by atoms with Gasteiger partial charge in [-0.05, 0) is 38.8 Å². The van der Waals surface area contributed by atoms with Gasteiger partial charge in [-0.1, -0.05) is 54.3 Å². The number of aromatic nitrogens is 3. The number of nitrogens with zero attached hydrogens (tertiary/aromatic N) is 3. The third-order valence-electron chi connectivity index (χ3n) is 7.97. The second kappa shape index (κ2) is 4.64. The van der Waals surface area contributed by atoms with Crippen molar-refractivity contribution >= 4 is 0 Å². The highest BCUT2D eigenvalue weighted by molar-refractivity contribution is 5.49. The van der Waals surface area contributed by atoms with Crippen LogP contribution in [0.5, 0.6) is 0 Å². The molecule has 4 atom stereocenters. The summed E-state index contributed by atoms with van der Waals surface area (Å²) in [5, 5.41) is 0. The van der Waals surface area contributed by atoms with Gasteiger partial charge in [0.05, 0.1) is 17.3 Å². The van der Waals surface area contributed by atoms with Crippen LogP contribution in [0, 0.1) is 11.3 Å². The zero-order chi connectivity index (χ0) is 18.6. The molecule has 0 amide bonds. The molecule has 0 saturated heterocycles. The van der Waals surface area contributed by atoms with Gasteiger partial charge in [-0.15, -0.1) is 0 Å². The molecule has 2 spiro atoms. The van der Waals surface area contributed by atoms with E-state index in [2.05, 4.69) is 26.0 Å². The number of benzene rings is 1. The van der Waals surface area contributed by atoms with E-state index in [-0.39, 0.29) is 22.8 Å². The van der Waals surface area contributed by atoms with E-state index in [0.717, 1.165) is 19.3 Å². The third kappa shape index (κ3) is 1.41. The summed E-state index contributed by atoms with van der Waals surface area (Å²) in [6.45, 7) is 4.46. The maximum absolute atomic E-state index is 13.6. The molecule has 7 rings (SSSR count). The molecule has 1 aromatic carbocycles. The van der Waals surface area contributed by atoms with Crippen molar-refractivity contribution in [1.82, 2.24) is 13.9 Å². The summed E-state index contributed by atoms with van der Waals surface area (Å²) in [6, 6.07) is 9.26. The fourth-order valence-corrected chi connectivity index (χ4v) is 6.90. The zero-order valence-corrected chi connectivity index (χ0v) is 15.7. The monoisotopic (exact) mass is 361 g/mol. The van der Waals surface area contributed by atoms with E-state index in [1.807, 2.05) is 35.0 Å². The van der Waals surface area contributed by atoms with E-state index >= 15 is 0 Å². The molecule has 3 aliphatic carbocycles. The van der Waals surface area contributed by atoms with E-state index in [9.17, 15) is 9.59 Å². The first kappa shape index (κ1) is 15.5. The highest BCUT2D eigenvalue weighted by atomic mass is 16.2. The van der Waals surface area contributed by atoms with Gasteiger partial charge in [-0.2, -0.15) is 0 Å². The molecule has 1 saturated carbocycles. The lowest BCUT2D eigenvalue weighted by Gasteiger charge is -2.69. The van der Waals surface area contributed by atoms with E-state index in [4.69, 9.17) is 0 Å². The minimum atomic E-state index is -0.398. The van der Waals surface area contributed by atoms with E-state index in [1.165, 1.54) is 22.1 Å². The normalized spacial score (nSPS) is 35.5. The van der Waals surface area contributed by atoms with Gasteiger partial charge in [0.2, 0.25) is 0 Å². The summed E-state index contributed by atoms with van der Waals surface area (Å²) in [5.41, 5.74) is 2.71. The van der Waals surface area contributed by atoms with Crippen LogP contribution < -0.4 is 11.4 Å². The van der Waals surface area contributed by atoms with Gasteiger partial charge in [-0.25, -0.2) is 23.5 Å². The molecule has 2 aromatic rings. The van der Waals surface area contributed by atoms with Crippen LogP contribution in [0.1, 0.15) is 45.6 Å². The Hall–Kier alpha value is -2.56. The van der Waals surface area contributed by atoms with Gasteiger partial charge in [-0.3, -0.25) is 0 Å². The molecule has 1 aromatic heterocycles. The Morgan fingerprint density at radius 2 is 1.74 bits per heavy atom. The van der Waals surface area contributed by atoms with Crippen molar-refractivity contribution in [3.63, 3.8) is 0 Å². The first-order chi connectivity index (χ1) is 13.0. The SMILES string of the molecule is CC1=C(C)C23CCCCC24C=CC(C13)n1c(=O)n(-c2ccccc2)c(=O)n14. The van der Waals surface area contributed by atoms with Crippen molar-refractivity contribution in [2.45, 2.75) is 51.1 Å². The number of hydrogen-bond acceptors (Lipinski definition) is 2. The summed E-state index contributed by atoms with van der Waals surface area (Å²) < 4.78 is 4.96. The first-order valence-electron chi connectivity index (χ1n) is 9.94. The minimum absolute atomic E-state index is 0.00783. The second-order valence-corrected chi connectivity index (χ2v) is 8.63. The predicted molar refractivity (Wildman–Crippen MR) is 103 cm³/mol. The summed E-state index contributed by atoms with van der Waals surface area (Å²) in [6.07, 6.45) is 8.78. The van der Waals surface area contributed by atoms with Crippen LogP contribution in [0.4, 0.5) is 0 Å². The molecule has 2 bridgehead atoms. The maximum Gasteiger partial charge on any atom is 0.352 e. The predicted octanol–water partition coefficient (Wildman–Crippen LogP) is 3.15. The van der Waals surface area contributed by atoms with Gasteiger partial charge in [0, 0.05) is 11.3 Å². The molecule has 1 fully saturated rings. The lowest BCUT2D eigenvalue weighted by molar-refractivity contribution is -0.0857. The molecule has 5 aliphatic rings. The van der Waals surface area contributed by atoms with Crippen LogP contribution >= 0.6 is 0 Å². The van der Waals surface area contributed by atoms with E-state index in [1.54, 1.807) is 4.68 Å². The van der Waals surface area contributed by atoms with Crippen molar-refractivity contribution in [1.29, 1.82) is 0 Å². The van der Waals surface area contributed by atoms with Crippen LogP contribution in [0.25, 0.3) is 5.69 Å². The summed E-state index contributed by atoms with van der Waals surface area (Å²) in [4.78, 5) is 27.0. The number of allylic oxidation sites excluding steroid dienone is 4. The lowest BCUT2D eigenvalue weighted by atomic mass is 9.40. The highest BCUT2D eigenvalue weighted by Crippen LogP contribution is 2.72. The van der Waals surface area contributed by atoms with Crippen LogP contribution in [0.3, 0.4) is 0 Å². The Kier molecular flexibility index (Phi) is 2.66. The Bertz CT molecular complexity index is 1160. The van der Waals surface area contributed by atoms with Crippen molar-refractivity contribution in [3.05, 3.63) is 74.6 Å². The molecule has 5 heteroatoms. The van der Waals surface area contributed by atoms with Crippen molar-refractivity contribution in [2.24, 2.45) is 11.3 Å². The second-order valence-electron chi connectivity index (χ2n) is 8.63. The molecule has 2 aliphatic heterocycles. The smallest absolute Gasteiger partial charge is 0.245 e. The Balaban J connectivity index is 1.72. The van der Waals surface area contributed by atoms with Gasteiger partial charge in [0.25, 0.3) is 0 Å². The van der Waals surface area contributed by atoms with Crippen molar-refractivity contribution in [2.75, 3.05) is 0 Å². The molecule has 0 N–H and O–H groups in total. The van der Waals surface area contributed by atoms with Crippen LogP contribution in [0.2, 0.25) is 0 Å². The van der Waals surface area contributed by atoms with Crippen LogP contribution in [-0.2, 0) is 5.54 Å². The van der Waals surface area contributed by atoms with Gasteiger partial charge < -0.3 is 0 Å². The number of hydrogen-bond donors (Lipinski definition) is 0. The summed E-state index contributed by atoms with van der Waals surface area (Å²) >= 11 is 0. The van der Waals surface area contributed by atoms with Crippen molar-refractivity contribution < 1.29 is 0 Å². The average molecular weight is 361 g/mol. The minimum Gasteiger partial charge on any atom is -0.245 e. The average Bonchev–Trinajstić information content (AvgIpc) is 2.99. The standard InChI is InChI=1S/C22H23N3O2/c1-14-15(2)22-12-7-6-11-21(22)13-10-17(18(14)22)24-19(26)23(20(27)25(21)24)16-8-4-3-5-9-16/h3-5,8-10,13,17-18H,6-7,11-12H2,1-2H3. The molecule has 3 heterocycles. The zero-order valence-electron chi connectivity index (χ0n) is 15.7. The molecule has 0 radical (unpaired) electrons. The van der Waals surface area contributed by atoms with Crippen LogP contribution in [0.15, 0.2) is 63.2 Å². The van der Waals surface area contributed by atoms with Crippen molar-refractivity contribution in [3.8, 4) is 5.69 Å². The fraction of sp³-hybridized carbons (Fsp3) is 0.455. The first-order valence-corrected chi connectivity index (χ1v) is 9.94. The molecular formula is C22H23N3O2. The topological polar surface area (TPSA) is 48.9 Å². The summed E-state index contributed by atoms with van der Waals surface area (Å²) in [7, 11) is 0. The van der Waals surface area contributed by atoms with Gasteiger partial charge in [0.15, 0.2) is 0 Å². The molecular weight excluding hydrogens is 338 g/mol. The number of rotatable bonds is 1. The molecule has 5 nitrogen and oxygen atoms in total. The molecule has 138 valence electrons. The Morgan fingerprint density at radius 3 is 2.52 bits per heavy atom. The summed E-state index contributed by atoms with van der Waals surface area (Å²) in [5.74, 6) is 0.339. The largest absolute Gasteiger partial charge is 0.352 e. The van der Waals surface area contributed by atoms with Crippen LogP contribution in [-0.4, -0.2) is 13.9 Å². The third-order valence-corrected chi connectivity index (χ3v) is 7.97. The maximum atomic E-state index is 13.6. The van der Waals surface area contributed by atoms with Gasteiger partial charge >= 0.3 is 11.4 Å². The Labute approximate surface area is 157 Å². The quantitative estimate of drug-likeness (QED) is 0.733. The molecule has 27 heavy (non-hydrogen) atoms. The fourth-order valence-electron chi connectivity index (χ4n) is 6.90. The van der Waals surface area contributed by atoms with Gasteiger partial charge in [0.1, 0.15) is 0 Å². The van der Waals surface area contributed by atoms with E-state index < -0.39 is 5.54 Å². The molecule has 4 unspecified atom stereocenters. The lowest BCUT2D eigenvalue weighted by Crippen LogP contribution is -2.71.